The number of carbonyl (C=O) groups excluding carboxylic acids is 1. The molecule has 1 aromatic rings. The predicted octanol–water partition coefficient (Wildman–Crippen LogP) is 2.24. The lowest BCUT2D eigenvalue weighted by Gasteiger charge is -2.21. The number of nitrogens with one attached hydrogen (secondary N) is 1. The Morgan fingerprint density at radius 3 is 2.79 bits per heavy atom. The van der Waals surface area contributed by atoms with Gasteiger partial charge >= 0.3 is 0 Å². The van der Waals surface area contributed by atoms with E-state index >= 15 is 0 Å². The Kier molecular flexibility index (Phi) is 6.97. The molecular weight excluding hydrogens is 240 g/mol. The van der Waals surface area contributed by atoms with Gasteiger partial charge in [-0.05, 0) is 31.0 Å². The van der Waals surface area contributed by atoms with Crippen LogP contribution in [0.2, 0.25) is 0 Å². The number of aliphatic hydroxyl groups is 1. The molecule has 4 nitrogen and oxygen atoms in total. The molecule has 2 N–H and O–H groups in total. The third kappa shape index (κ3) is 5.30. The maximum atomic E-state index is 12.0. The van der Waals surface area contributed by atoms with Crippen molar-refractivity contribution in [2.75, 3.05) is 25.0 Å². The number of benzene rings is 1. The molecule has 0 aliphatic heterocycles. The van der Waals surface area contributed by atoms with Crippen LogP contribution in [-0.4, -0.2) is 35.5 Å². The molecule has 1 aromatic carbocycles. The molecule has 0 saturated heterocycles. The zero-order valence-corrected chi connectivity index (χ0v) is 11.9. The highest BCUT2D eigenvalue weighted by Gasteiger charge is 2.10. The standard InChI is InChI=1S/C15H24N2O2/c1-3-5-9-17(4-2)15(19)11-16-14-8-6-7-13(10-14)12-18/h6-8,10,16,18H,3-5,9,11-12H2,1-2H3. The molecule has 0 fully saturated rings. The molecule has 1 rings (SSSR count). The van der Waals surface area contributed by atoms with E-state index in [4.69, 9.17) is 5.11 Å². The quantitative estimate of drug-likeness (QED) is 0.757. The molecule has 4 heteroatoms. The SMILES string of the molecule is CCCCN(CC)C(=O)CNc1cccc(CO)c1. The Labute approximate surface area is 115 Å². The van der Waals surface area contributed by atoms with E-state index in [1.54, 1.807) is 0 Å². The summed E-state index contributed by atoms with van der Waals surface area (Å²) >= 11 is 0. The first-order valence-corrected chi connectivity index (χ1v) is 6.92. The molecule has 19 heavy (non-hydrogen) atoms. The number of rotatable bonds is 8. The Balaban J connectivity index is 2.47. The van der Waals surface area contributed by atoms with Gasteiger partial charge in [0.15, 0.2) is 0 Å². The number of hydrogen-bond acceptors (Lipinski definition) is 3. The van der Waals surface area contributed by atoms with Crippen LogP contribution in [0.3, 0.4) is 0 Å². The van der Waals surface area contributed by atoms with Crippen LogP contribution in [0.1, 0.15) is 32.3 Å². The van der Waals surface area contributed by atoms with Crippen molar-refractivity contribution in [1.29, 1.82) is 0 Å². The van der Waals surface area contributed by atoms with Gasteiger partial charge in [0.05, 0.1) is 13.2 Å². The Hall–Kier alpha value is -1.55. The summed E-state index contributed by atoms with van der Waals surface area (Å²) in [7, 11) is 0. The van der Waals surface area contributed by atoms with Crippen molar-refractivity contribution in [2.24, 2.45) is 0 Å². The Bertz CT molecular complexity index is 393. The van der Waals surface area contributed by atoms with Crippen LogP contribution in [-0.2, 0) is 11.4 Å². The molecule has 0 unspecified atom stereocenters. The summed E-state index contributed by atoms with van der Waals surface area (Å²) in [6.45, 7) is 6.01. The molecule has 0 saturated carbocycles. The molecule has 1 amide bonds. The van der Waals surface area contributed by atoms with Crippen molar-refractivity contribution in [3.63, 3.8) is 0 Å². The van der Waals surface area contributed by atoms with Crippen LogP contribution < -0.4 is 5.32 Å². The molecule has 0 aromatic heterocycles. The number of amides is 1. The molecule has 0 spiro atoms. The minimum absolute atomic E-state index is 0.0149. The minimum atomic E-state index is 0.0149. The largest absolute Gasteiger partial charge is 0.392 e. The zero-order valence-electron chi connectivity index (χ0n) is 11.9. The Morgan fingerprint density at radius 1 is 1.37 bits per heavy atom. The van der Waals surface area contributed by atoms with Crippen molar-refractivity contribution < 1.29 is 9.90 Å². The monoisotopic (exact) mass is 264 g/mol. The summed E-state index contributed by atoms with van der Waals surface area (Å²) in [5, 5.41) is 12.2. The highest BCUT2D eigenvalue weighted by Crippen LogP contribution is 2.10. The zero-order chi connectivity index (χ0) is 14.1. The number of nitrogens with zero attached hydrogens (tertiary/aromatic N) is 1. The van der Waals surface area contributed by atoms with Crippen molar-refractivity contribution >= 4 is 11.6 Å². The van der Waals surface area contributed by atoms with E-state index in [9.17, 15) is 4.79 Å². The second-order valence-electron chi connectivity index (χ2n) is 4.54. The van der Waals surface area contributed by atoms with Crippen LogP contribution in [0.4, 0.5) is 5.69 Å². The predicted molar refractivity (Wildman–Crippen MR) is 78.0 cm³/mol. The summed E-state index contributed by atoms with van der Waals surface area (Å²) in [5.41, 5.74) is 1.71. The van der Waals surface area contributed by atoms with Gasteiger partial charge in [-0.3, -0.25) is 4.79 Å². The van der Waals surface area contributed by atoms with E-state index < -0.39 is 0 Å². The fourth-order valence-corrected chi connectivity index (χ4v) is 1.88. The van der Waals surface area contributed by atoms with Crippen LogP contribution in [0.15, 0.2) is 24.3 Å². The van der Waals surface area contributed by atoms with Crippen LogP contribution in [0, 0.1) is 0 Å². The fourth-order valence-electron chi connectivity index (χ4n) is 1.88. The lowest BCUT2D eigenvalue weighted by molar-refractivity contribution is -0.129. The van der Waals surface area contributed by atoms with Crippen LogP contribution >= 0.6 is 0 Å². The smallest absolute Gasteiger partial charge is 0.241 e. The van der Waals surface area contributed by atoms with Crippen molar-refractivity contribution in [3.8, 4) is 0 Å². The maximum Gasteiger partial charge on any atom is 0.241 e. The van der Waals surface area contributed by atoms with Gasteiger partial charge in [0.25, 0.3) is 0 Å². The van der Waals surface area contributed by atoms with Gasteiger partial charge in [0, 0.05) is 18.8 Å². The van der Waals surface area contributed by atoms with Crippen molar-refractivity contribution in [1.82, 2.24) is 4.90 Å². The first kappa shape index (κ1) is 15.5. The molecule has 0 aliphatic rings. The molecule has 0 aliphatic carbocycles. The van der Waals surface area contributed by atoms with E-state index in [1.165, 1.54) is 0 Å². The minimum Gasteiger partial charge on any atom is -0.392 e. The molecular formula is C15H24N2O2. The van der Waals surface area contributed by atoms with Gasteiger partial charge < -0.3 is 15.3 Å². The van der Waals surface area contributed by atoms with E-state index in [0.29, 0.717) is 6.54 Å². The number of likely N-dealkylation sites (N-methyl/N-ethyl adjacent to an activating group) is 1. The second-order valence-corrected chi connectivity index (χ2v) is 4.54. The van der Waals surface area contributed by atoms with Gasteiger partial charge in [-0.2, -0.15) is 0 Å². The van der Waals surface area contributed by atoms with E-state index in [0.717, 1.165) is 37.2 Å². The van der Waals surface area contributed by atoms with Crippen LogP contribution in [0.25, 0.3) is 0 Å². The van der Waals surface area contributed by atoms with Gasteiger partial charge in [0.2, 0.25) is 5.91 Å². The normalized spacial score (nSPS) is 10.3. The Morgan fingerprint density at radius 2 is 2.16 bits per heavy atom. The fraction of sp³-hybridized carbons (Fsp3) is 0.533. The number of carbonyl (C=O) groups is 1. The average Bonchev–Trinajstić information content (AvgIpc) is 2.46. The summed E-state index contributed by atoms with van der Waals surface area (Å²) in [6, 6.07) is 7.48. The molecule has 106 valence electrons. The topological polar surface area (TPSA) is 52.6 Å². The number of anilines is 1. The molecule has 0 heterocycles. The lowest BCUT2D eigenvalue weighted by Crippen LogP contribution is -2.36. The maximum absolute atomic E-state index is 12.0. The van der Waals surface area contributed by atoms with Gasteiger partial charge in [-0.1, -0.05) is 25.5 Å². The van der Waals surface area contributed by atoms with E-state index in [1.807, 2.05) is 36.1 Å². The van der Waals surface area contributed by atoms with Gasteiger partial charge in [0.1, 0.15) is 0 Å². The van der Waals surface area contributed by atoms with E-state index in [-0.39, 0.29) is 12.5 Å². The molecule has 0 bridgehead atoms. The summed E-state index contributed by atoms with van der Waals surface area (Å²) < 4.78 is 0. The summed E-state index contributed by atoms with van der Waals surface area (Å²) in [6.07, 6.45) is 2.13. The van der Waals surface area contributed by atoms with Crippen molar-refractivity contribution in [2.45, 2.75) is 33.3 Å². The molecule has 0 atom stereocenters. The van der Waals surface area contributed by atoms with Gasteiger partial charge in [-0.25, -0.2) is 0 Å². The second kappa shape index (κ2) is 8.53. The highest BCUT2D eigenvalue weighted by molar-refractivity contribution is 5.80. The number of hydrogen-bond donors (Lipinski definition) is 2. The third-order valence-corrected chi connectivity index (χ3v) is 3.07. The van der Waals surface area contributed by atoms with Crippen LogP contribution in [0.5, 0.6) is 0 Å². The number of aliphatic hydroxyl groups excluding tert-OH is 1. The van der Waals surface area contributed by atoms with E-state index in [2.05, 4.69) is 12.2 Å². The lowest BCUT2D eigenvalue weighted by atomic mass is 10.2. The molecule has 0 radical (unpaired) electrons. The summed E-state index contributed by atoms with van der Waals surface area (Å²) in [4.78, 5) is 13.9. The first-order chi connectivity index (χ1) is 9.21. The first-order valence-electron chi connectivity index (χ1n) is 6.92. The average molecular weight is 264 g/mol. The van der Waals surface area contributed by atoms with Gasteiger partial charge in [-0.15, -0.1) is 0 Å². The highest BCUT2D eigenvalue weighted by atomic mass is 16.3. The third-order valence-electron chi connectivity index (χ3n) is 3.07. The van der Waals surface area contributed by atoms with Crippen molar-refractivity contribution in [3.05, 3.63) is 29.8 Å². The summed E-state index contributed by atoms with van der Waals surface area (Å²) in [5.74, 6) is 0.116. The number of unbranched alkanes of at least 4 members (excludes halogenated alkanes) is 1.